The zero-order valence-electron chi connectivity index (χ0n) is 18.0. The maximum Gasteiger partial charge on any atom is 0.343 e. The van der Waals surface area contributed by atoms with Crippen molar-refractivity contribution in [1.82, 2.24) is 19.7 Å². The van der Waals surface area contributed by atoms with Gasteiger partial charge in [-0.3, -0.25) is 0 Å². The molecule has 0 spiro atoms. The summed E-state index contributed by atoms with van der Waals surface area (Å²) in [5, 5.41) is 24.4. The van der Waals surface area contributed by atoms with Crippen LogP contribution in [-0.2, 0) is 11.3 Å². The van der Waals surface area contributed by atoms with Crippen molar-refractivity contribution in [1.29, 1.82) is 5.26 Å². The Morgan fingerprint density at radius 3 is 2.64 bits per heavy atom. The number of fused-ring (bicyclic) bond motifs is 1. The van der Waals surface area contributed by atoms with Crippen molar-refractivity contribution in [3.63, 3.8) is 0 Å². The van der Waals surface area contributed by atoms with E-state index in [4.69, 9.17) is 16.3 Å². The molecule has 0 atom stereocenters. The highest BCUT2D eigenvalue weighted by Gasteiger charge is 2.23. The fourth-order valence-electron chi connectivity index (χ4n) is 3.36. The van der Waals surface area contributed by atoms with Crippen LogP contribution >= 0.6 is 11.6 Å². The fraction of sp³-hybridized carbons (Fsp3) is 0.167. The average Bonchev–Trinajstić information content (AvgIpc) is 3.34. The molecule has 0 unspecified atom stereocenters. The number of imidazole rings is 1. The van der Waals surface area contributed by atoms with E-state index in [1.807, 2.05) is 49.4 Å². The molecule has 8 nitrogen and oxygen atoms in total. The minimum absolute atomic E-state index is 0.110. The molecule has 166 valence electrons. The second-order valence-corrected chi connectivity index (χ2v) is 7.86. The van der Waals surface area contributed by atoms with E-state index in [2.05, 4.69) is 15.1 Å². The van der Waals surface area contributed by atoms with Crippen molar-refractivity contribution in [2.75, 3.05) is 6.61 Å². The Hall–Kier alpha value is -4.09. The first-order valence-electron chi connectivity index (χ1n) is 10.1. The van der Waals surface area contributed by atoms with Crippen LogP contribution in [0.1, 0.15) is 33.0 Å². The third-order valence-corrected chi connectivity index (χ3v) is 5.47. The Balaban J connectivity index is 1.51. The zero-order chi connectivity index (χ0) is 23.5. The summed E-state index contributed by atoms with van der Waals surface area (Å²) in [7, 11) is 0. The van der Waals surface area contributed by atoms with Crippen LogP contribution in [0.5, 0.6) is 0 Å². The first-order valence-corrected chi connectivity index (χ1v) is 10.5. The summed E-state index contributed by atoms with van der Waals surface area (Å²) in [6, 6.07) is 17.0. The lowest BCUT2D eigenvalue weighted by Gasteiger charge is -2.06. The van der Waals surface area contributed by atoms with Crippen LogP contribution in [0.3, 0.4) is 0 Å². The third kappa shape index (κ3) is 4.59. The number of rotatable bonds is 6. The molecule has 2 aromatic heterocycles. The average molecular weight is 462 g/mol. The maximum atomic E-state index is 12.7. The number of aromatic nitrogens is 4. The highest BCUT2D eigenvalue weighted by Crippen LogP contribution is 2.23. The van der Waals surface area contributed by atoms with Crippen molar-refractivity contribution < 1.29 is 14.6 Å². The highest BCUT2D eigenvalue weighted by molar-refractivity contribution is 6.32. The lowest BCUT2D eigenvalue weighted by Crippen LogP contribution is -2.10. The van der Waals surface area contributed by atoms with Crippen LogP contribution in [0.2, 0.25) is 5.15 Å². The first kappa shape index (κ1) is 22.1. The standard InChI is InChI=1S/C24H20ClN5O3/c1-14-7-9-16(10-8-14)12-30-22(25)21(15(2)29-30)24(32)33-13-20(31)17(11-26)23-27-18-5-3-4-6-19(18)28-23/h3-10,31H,12-13H2,1-2H3,(H,27,28)/b20-17-. The van der Waals surface area contributed by atoms with Gasteiger partial charge in [-0.2, -0.15) is 10.4 Å². The van der Waals surface area contributed by atoms with Gasteiger partial charge in [-0.05, 0) is 31.5 Å². The smallest absolute Gasteiger partial charge is 0.343 e. The van der Waals surface area contributed by atoms with E-state index in [0.717, 1.165) is 11.1 Å². The molecule has 0 fully saturated rings. The number of para-hydroxylation sites is 2. The van der Waals surface area contributed by atoms with Gasteiger partial charge in [-0.25, -0.2) is 14.5 Å². The Morgan fingerprint density at radius 2 is 1.94 bits per heavy atom. The number of carbonyl (C=O) groups is 1. The van der Waals surface area contributed by atoms with Crippen molar-refractivity contribution in [2.24, 2.45) is 0 Å². The number of aromatic amines is 1. The third-order valence-electron chi connectivity index (χ3n) is 5.09. The number of carbonyl (C=O) groups excluding carboxylic acids is 1. The number of nitrogens with one attached hydrogen (secondary N) is 1. The molecule has 0 saturated carbocycles. The molecule has 2 aromatic carbocycles. The molecule has 9 heteroatoms. The molecule has 2 heterocycles. The summed E-state index contributed by atoms with van der Waals surface area (Å²) in [4.78, 5) is 20.0. The van der Waals surface area contributed by atoms with Gasteiger partial charge in [0.1, 0.15) is 29.0 Å². The number of nitriles is 1. The minimum atomic E-state index is -0.749. The first-order chi connectivity index (χ1) is 15.9. The minimum Gasteiger partial charge on any atom is -0.507 e. The predicted molar refractivity (Wildman–Crippen MR) is 124 cm³/mol. The van der Waals surface area contributed by atoms with Crippen LogP contribution < -0.4 is 0 Å². The van der Waals surface area contributed by atoms with E-state index in [1.54, 1.807) is 19.1 Å². The topological polar surface area (TPSA) is 117 Å². The zero-order valence-corrected chi connectivity index (χ0v) is 18.7. The van der Waals surface area contributed by atoms with Gasteiger partial charge in [0.15, 0.2) is 11.6 Å². The van der Waals surface area contributed by atoms with E-state index >= 15 is 0 Å². The SMILES string of the molecule is Cc1ccc(Cn2nc(C)c(C(=O)OC/C(O)=C(\C#N)c3nc4ccccc4[nH]3)c2Cl)cc1. The van der Waals surface area contributed by atoms with E-state index in [9.17, 15) is 15.2 Å². The fourth-order valence-corrected chi connectivity index (χ4v) is 3.67. The number of aryl methyl sites for hydroxylation is 2. The Morgan fingerprint density at radius 1 is 1.21 bits per heavy atom. The van der Waals surface area contributed by atoms with Gasteiger partial charge in [-0.1, -0.05) is 53.6 Å². The molecular formula is C24H20ClN5O3. The normalized spacial score (nSPS) is 11.8. The monoisotopic (exact) mass is 461 g/mol. The van der Waals surface area contributed by atoms with Crippen LogP contribution in [0.25, 0.3) is 16.6 Å². The van der Waals surface area contributed by atoms with E-state index in [1.165, 1.54) is 4.68 Å². The molecule has 0 aliphatic rings. The lowest BCUT2D eigenvalue weighted by molar-refractivity contribution is 0.0502. The molecule has 0 aliphatic carbocycles. The summed E-state index contributed by atoms with van der Waals surface area (Å²) in [5.41, 5.74) is 3.88. The van der Waals surface area contributed by atoms with Crippen molar-refractivity contribution in [2.45, 2.75) is 20.4 Å². The summed E-state index contributed by atoms with van der Waals surface area (Å²) >= 11 is 6.41. The number of hydrogen-bond donors (Lipinski definition) is 2. The van der Waals surface area contributed by atoms with Crippen LogP contribution in [-0.4, -0.2) is 37.4 Å². The molecule has 2 N–H and O–H groups in total. The second kappa shape index (κ2) is 9.18. The molecule has 33 heavy (non-hydrogen) atoms. The molecule has 0 amide bonds. The molecule has 4 aromatic rings. The molecule has 0 saturated heterocycles. The van der Waals surface area contributed by atoms with Crippen LogP contribution in [0.15, 0.2) is 54.3 Å². The number of benzene rings is 2. The Labute approximate surface area is 194 Å². The summed E-state index contributed by atoms with van der Waals surface area (Å²) < 4.78 is 6.75. The number of allylic oxidation sites excluding steroid dienone is 1. The quantitative estimate of drug-likeness (QED) is 0.243. The number of halogens is 1. The number of aliphatic hydroxyl groups is 1. The summed E-state index contributed by atoms with van der Waals surface area (Å²) in [5.74, 6) is -0.987. The van der Waals surface area contributed by atoms with E-state index < -0.39 is 18.3 Å². The van der Waals surface area contributed by atoms with Gasteiger partial charge in [0.05, 0.1) is 23.3 Å². The van der Waals surface area contributed by atoms with Gasteiger partial charge in [0, 0.05) is 0 Å². The maximum absolute atomic E-state index is 12.7. The van der Waals surface area contributed by atoms with Gasteiger partial charge in [0.2, 0.25) is 0 Å². The Bertz CT molecular complexity index is 1380. The molecule has 0 aliphatic heterocycles. The van der Waals surface area contributed by atoms with Crippen molar-refractivity contribution in [3.05, 3.63) is 87.7 Å². The molecular weight excluding hydrogens is 442 g/mol. The van der Waals surface area contributed by atoms with E-state index in [-0.39, 0.29) is 22.1 Å². The number of H-pyrrole nitrogens is 1. The number of esters is 1. The van der Waals surface area contributed by atoms with Gasteiger partial charge in [0.25, 0.3) is 0 Å². The van der Waals surface area contributed by atoms with Gasteiger partial charge < -0.3 is 14.8 Å². The second-order valence-electron chi connectivity index (χ2n) is 7.51. The molecule has 0 bridgehead atoms. The number of hydrogen-bond acceptors (Lipinski definition) is 6. The predicted octanol–water partition coefficient (Wildman–Crippen LogP) is 4.73. The lowest BCUT2D eigenvalue weighted by atomic mass is 10.1. The van der Waals surface area contributed by atoms with Crippen molar-refractivity contribution >= 4 is 34.2 Å². The number of ether oxygens (including phenoxy) is 1. The largest absolute Gasteiger partial charge is 0.507 e. The van der Waals surface area contributed by atoms with Crippen molar-refractivity contribution in [3.8, 4) is 6.07 Å². The van der Waals surface area contributed by atoms with Crippen LogP contribution in [0.4, 0.5) is 0 Å². The molecule has 4 rings (SSSR count). The molecule has 0 radical (unpaired) electrons. The van der Waals surface area contributed by atoms with Crippen LogP contribution in [0, 0.1) is 25.2 Å². The number of nitrogens with zero attached hydrogens (tertiary/aromatic N) is 4. The summed E-state index contributed by atoms with van der Waals surface area (Å²) in [6.45, 7) is 3.53. The van der Waals surface area contributed by atoms with Gasteiger partial charge >= 0.3 is 5.97 Å². The Kier molecular flexibility index (Phi) is 6.16. The highest BCUT2D eigenvalue weighted by atomic mass is 35.5. The van der Waals surface area contributed by atoms with E-state index in [0.29, 0.717) is 23.3 Å². The number of aliphatic hydroxyl groups excluding tert-OH is 1. The van der Waals surface area contributed by atoms with Gasteiger partial charge in [-0.15, -0.1) is 0 Å². The summed E-state index contributed by atoms with van der Waals surface area (Å²) in [6.07, 6.45) is 0.